The second-order valence-corrected chi connectivity index (χ2v) is 5.61. The summed E-state index contributed by atoms with van der Waals surface area (Å²) in [6.07, 6.45) is 2.21. The Morgan fingerprint density at radius 1 is 1.29 bits per heavy atom. The first-order chi connectivity index (χ1) is 10.0. The lowest BCUT2D eigenvalue weighted by molar-refractivity contribution is -0.137. The topological polar surface area (TPSA) is 69.6 Å². The van der Waals surface area contributed by atoms with Gasteiger partial charge in [-0.3, -0.25) is 14.5 Å². The molecule has 0 spiro atoms. The number of aryl methyl sites for hydroxylation is 1. The Hall–Kier alpha value is -1.88. The van der Waals surface area contributed by atoms with Crippen molar-refractivity contribution >= 4 is 11.9 Å². The maximum absolute atomic E-state index is 12.0. The highest BCUT2D eigenvalue weighted by atomic mass is 16.4. The molecular formula is C16H22N2O3. The average molecular weight is 290 g/mol. The summed E-state index contributed by atoms with van der Waals surface area (Å²) in [5.41, 5.74) is 2.26. The summed E-state index contributed by atoms with van der Waals surface area (Å²) in [6, 6.07) is 8.42. The third kappa shape index (κ3) is 5.55. The lowest BCUT2D eigenvalue weighted by Crippen LogP contribution is -2.39. The van der Waals surface area contributed by atoms with Crippen LogP contribution in [0, 0.1) is 6.92 Å². The average Bonchev–Trinajstić information content (AvgIpc) is 3.27. The van der Waals surface area contributed by atoms with Gasteiger partial charge in [0.2, 0.25) is 5.91 Å². The Balaban J connectivity index is 1.76. The minimum atomic E-state index is -0.819. The van der Waals surface area contributed by atoms with Gasteiger partial charge in [-0.15, -0.1) is 0 Å². The van der Waals surface area contributed by atoms with Gasteiger partial charge in [-0.05, 0) is 25.3 Å². The van der Waals surface area contributed by atoms with Crippen LogP contribution in [-0.4, -0.2) is 41.0 Å². The second kappa shape index (κ2) is 7.22. The van der Waals surface area contributed by atoms with Crippen molar-refractivity contribution in [2.75, 3.05) is 13.1 Å². The first-order valence-corrected chi connectivity index (χ1v) is 7.32. The summed E-state index contributed by atoms with van der Waals surface area (Å²) < 4.78 is 0. The quantitative estimate of drug-likeness (QED) is 0.762. The molecule has 1 aromatic carbocycles. The van der Waals surface area contributed by atoms with Gasteiger partial charge in [0.25, 0.3) is 0 Å². The van der Waals surface area contributed by atoms with Crippen LogP contribution in [0.5, 0.6) is 0 Å². The lowest BCUT2D eigenvalue weighted by Gasteiger charge is -2.20. The predicted octanol–water partition coefficient (Wildman–Crippen LogP) is 1.55. The number of aliphatic carboxylic acids is 1. The number of benzene rings is 1. The molecule has 1 fully saturated rings. The number of carboxylic acid groups (broad SMARTS) is 1. The number of rotatable bonds is 8. The fourth-order valence-corrected chi connectivity index (χ4v) is 2.22. The van der Waals surface area contributed by atoms with Crippen LogP contribution in [0.1, 0.15) is 30.4 Å². The van der Waals surface area contributed by atoms with Crippen LogP contribution in [0.4, 0.5) is 0 Å². The molecular weight excluding hydrogens is 268 g/mol. The number of nitrogens with one attached hydrogen (secondary N) is 1. The van der Waals surface area contributed by atoms with Crippen molar-refractivity contribution in [3.8, 4) is 0 Å². The molecule has 1 aliphatic carbocycles. The summed E-state index contributed by atoms with van der Waals surface area (Å²) in [4.78, 5) is 24.6. The summed E-state index contributed by atoms with van der Waals surface area (Å²) in [6.45, 7) is 3.26. The van der Waals surface area contributed by atoms with Crippen molar-refractivity contribution in [3.05, 3.63) is 35.4 Å². The molecule has 0 unspecified atom stereocenters. The van der Waals surface area contributed by atoms with Gasteiger partial charge in [0.05, 0.1) is 13.0 Å². The Labute approximate surface area is 125 Å². The van der Waals surface area contributed by atoms with Crippen LogP contribution in [0.3, 0.4) is 0 Å². The molecule has 21 heavy (non-hydrogen) atoms. The van der Waals surface area contributed by atoms with Crippen molar-refractivity contribution in [2.24, 2.45) is 0 Å². The fourth-order valence-electron chi connectivity index (χ4n) is 2.22. The van der Waals surface area contributed by atoms with Crippen molar-refractivity contribution in [1.82, 2.24) is 10.2 Å². The van der Waals surface area contributed by atoms with Gasteiger partial charge in [0, 0.05) is 19.1 Å². The second-order valence-electron chi connectivity index (χ2n) is 5.61. The molecule has 1 aliphatic rings. The van der Waals surface area contributed by atoms with Gasteiger partial charge >= 0.3 is 5.97 Å². The number of hydrogen-bond donors (Lipinski definition) is 2. The normalized spacial score (nSPS) is 14.2. The zero-order chi connectivity index (χ0) is 15.2. The summed E-state index contributed by atoms with van der Waals surface area (Å²) in [5, 5.41) is 11.6. The van der Waals surface area contributed by atoms with Crippen molar-refractivity contribution in [3.63, 3.8) is 0 Å². The van der Waals surface area contributed by atoms with E-state index in [1.165, 1.54) is 5.56 Å². The molecule has 0 bridgehead atoms. The molecule has 0 saturated heterocycles. The zero-order valence-electron chi connectivity index (χ0n) is 12.3. The van der Waals surface area contributed by atoms with E-state index in [0.717, 1.165) is 18.4 Å². The molecule has 0 heterocycles. The lowest BCUT2D eigenvalue weighted by atomic mass is 10.1. The fraction of sp³-hybridized carbons (Fsp3) is 0.500. The number of carbonyl (C=O) groups excluding carboxylic acids is 1. The first-order valence-electron chi connectivity index (χ1n) is 7.32. The van der Waals surface area contributed by atoms with E-state index < -0.39 is 5.97 Å². The maximum Gasteiger partial charge on any atom is 0.304 e. The molecule has 0 atom stereocenters. The van der Waals surface area contributed by atoms with E-state index in [1.54, 1.807) is 0 Å². The maximum atomic E-state index is 12.0. The number of carbonyl (C=O) groups is 2. The van der Waals surface area contributed by atoms with Crippen LogP contribution in [0.15, 0.2) is 24.3 Å². The molecule has 1 saturated carbocycles. The molecule has 0 aliphatic heterocycles. The molecule has 2 rings (SSSR count). The summed E-state index contributed by atoms with van der Waals surface area (Å²) in [5.74, 6) is -0.867. The molecule has 0 aromatic heterocycles. The largest absolute Gasteiger partial charge is 0.481 e. The van der Waals surface area contributed by atoms with Crippen LogP contribution in [0.25, 0.3) is 0 Å². The highest BCUT2D eigenvalue weighted by Gasteiger charge is 2.30. The van der Waals surface area contributed by atoms with Crippen LogP contribution < -0.4 is 5.32 Å². The molecule has 1 amide bonds. The number of nitrogens with zero attached hydrogens (tertiary/aromatic N) is 1. The predicted molar refractivity (Wildman–Crippen MR) is 79.9 cm³/mol. The minimum Gasteiger partial charge on any atom is -0.481 e. The molecule has 2 N–H and O–H groups in total. The smallest absolute Gasteiger partial charge is 0.304 e. The third-order valence-corrected chi connectivity index (χ3v) is 3.63. The summed E-state index contributed by atoms with van der Waals surface area (Å²) in [7, 11) is 0. The van der Waals surface area contributed by atoms with Gasteiger partial charge < -0.3 is 10.4 Å². The SMILES string of the molecule is Cc1ccc(CNC(=O)CN(CCC(=O)O)C2CC2)cc1. The van der Waals surface area contributed by atoms with E-state index in [2.05, 4.69) is 5.32 Å². The van der Waals surface area contributed by atoms with Crippen molar-refractivity contribution in [2.45, 2.75) is 38.8 Å². The Morgan fingerprint density at radius 2 is 1.95 bits per heavy atom. The van der Waals surface area contributed by atoms with E-state index in [0.29, 0.717) is 19.1 Å². The van der Waals surface area contributed by atoms with Gasteiger partial charge in [0.15, 0.2) is 0 Å². The van der Waals surface area contributed by atoms with Gasteiger partial charge in [0.1, 0.15) is 0 Å². The molecule has 114 valence electrons. The van der Waals surface area contributed by atoms with Crippen LogP contribution >= 0.6 is 0 Å². The van der Waals surface area contributed by atoms with E-state index in [1.807, 2.05) is 36.1 Å². The molecule has 1 aromatic rings. The van der Waals surface area contributed by atoms with E-state index in [4.69, 9.17) is 5.11 Å². The summed E-state index contributed by atoms with van der Waals surface area (Å²) >= 11 is 0. The monoisotopic (exact) mass is 290 g/mol. The number of hydrogen-bond acceptors (Lipinski definition) is 3. The van der Waals surface area contributed by atoms with Crippen molar-refractivity contribution < 1.29 is 14.7 Å². The zero-order valence-corrected chi connectivity index (χ0v) is 12.3. The van der Waals surface area contributed by atoms with Gasteiger partial charge in [-0.25, -0.2) is 0 Å². The number of carboxylic acids is 1. The van der Waals surface area contributed by atoms with Crippen LogP contribution in [-0.2, 0) is 16.1 Å². The van der Waals surface area contributed by atoms with Gasteiger partial charge in [-0.2, -0.15) is 0 Å². The minimum absolute atomic E-state index is 0.0483. The highest BCUT2D eigenvalue weighted by molar-refractivity contribution is 5.78. The molecule has 0 radical (unpaired) electrons. The first kappa shape index (κ1) is 15.5. The Morgan fingerprint density at radius 3 is 2.52 bits per heavy atom. The molecule has 5 heteroatoms. The Kier molecular flexibility index (Phi) is 5.33. The van der Waals surface area contributed by atoms with Gasteiger partial charge in [-0.1, -0.05) is 29.8 Å². The molecule has 5 nitrogen and oxygen atoms in total. The van der Waals surface area contributed by atoms with E-state index in [9.17, 15) is 9.59 Å². The highest BCUT2D eigenvalue weighted by Crippen LogP contribution is 2.26. The van der Waals surface area contributed by atoms with E-state index in [-0.39, 0.29) is 18.9 Å². The number of amides is 1. The van der Waals surface area contributed by atoms with Crippen LogP contribution in [0.2, 0.25) is 0 Å². The van der Waals surface area contributed by atoms with E-state index >= 15 is 0 Å². The standard InChI is InChI=1S/C16H22N2O3/c1-12-2-4-13(5-3-12)10-17-15(19)11-18(14-6-7-14)9-8-16(20)21/h2-5,14H,6-11H2,1H3,(H,17,19)(H,20,21). The Bertz CT molecular complexity index is 495. The third-order valence-electron chi connectivity index (χ3n) is 3.63. The van der Waals surface area contributed by atoms with Crippen molar-refractivity contribution in [1.29, 1.82) is 0 Å².